The molecule has 4 heteroatoms. The standard InChI is InChI=1S/C20H18O4/c1-4-19(21)24-18-11-9-17(10-12-18)16-7-5-15(6-8-16)13-23-20(22)14(2)3/h4-12H,1-2,13H2,3H3. The van der Waals surface area contributed by atoms with Crippen LogP contribution in [0, 0.1) is 0 Å². The summed E-state index contributed by atoms with van der Waals surface area (Å²) in [5.41, 5.74) is 3.26. The van der Waals surface area contributed by atoms with Crippen LogP contribution in [0.5, 0.6) is 5.75 Å². The molecule has 2 aromatic carbocycles. The van der Waals surface area contributed by atoms with E-state index >= 15 is 0 Å². The van der Waals surface area contributed by atoms with Crippen molar-refractivity contribution in [1.82, 2.24) is 0 Å². The molecule has 0 saturated heterocycles. The van der Waals surface area contributed by atoms with E-state index in [1.54, 1.807) is 19.1 Å². The highest BCUT2D eigenvalue weighted by Crippen LogP contribution is 2.23. The molecule has 0 N–H and O–H groups in total. The number of rotatable bonds is 6. The van der Waals surface area contributed by atoms with Crippen molar-refractivity contribution < 1.29 is 19.1 Å². The molecular weight excluding hydrogens is 304 g/mol. The Labute approximate surface area is 141 Å². The van der Waals surface area contributed by atoms with E-state index in [4.69, 9.17) is 9.47 Å². The van der Waals surface area contributed by atoms with Gasteiger partial charge in [-0.05, 0) is 35.7 Å². The van der Waals surface area contributed by atoms with Crippen molar-refractivity contribution in [2.45, 2.75) is 13.5 Å². The number of ether oxygens (including phenoxy) is 2. The monoisotopic (exact) mass is 322 g/mol. The Balaban J connectivity index is 2.02. The lowest BCUT2D eigenvalue weighted by molar-refractivity contribution is -0.140. The molecule has 2 rings (SSSR count). The zero-order valence-corrected chi connectivity index (χ0v) is 13.5. The van der Waals surface area contributed by atoms with Gasteiger partial charge in [-0.1, -0.05) is 49.6 Å². The zero-order chi connectivity index (χ0) is 17.5. The molecule has 0 aliphatic heterocycles. The van der Waals surface area contributed by atoms with Gasteiger partial charge < -0.3 is 9.47 Å². The number of carbonyl (C=O) groups excluding carboxylic acids is 2. The predicted octanol–water partition coefficient (Wildman–Crippen LogP) is 4.06. The average molecular weight is 322 g/mol. The van der Waals surface area contributed by atoms with Gasteiger partial charge in [0.05, 0.1) is 0 Å². The van der Waals surface area contributed by atoms with Gasteiger partial charge in [-0.15, -0.1) is 0 Å². The summed E-state index contributed by atoms with van der Waals surface area (Å²) in [4.78, 5) is 22.5. The van der Waals surface area contributed by atoms with Crippen LogP contribution in [0.3, 0.4) is 0 Å². The molecule has 0 aliphatic carbocycles. The van der Waals surface area contributed by atoms with Gasteiger partial charge in [0.2, 0.25) is 0 Å². The van der Waals surface area contributed by atoms with Crippen molar-refractivity contribution in [3.8, 4) is 16.9 Å². The molecule has 24 heavy (non-hydrogen) atoms. The second-order valence-corrected chi connectivity index (χ2v) is 5.20. The van der Waals surface area contributed by atoms with Crippen molar-refractivity contribution >= 4 is 11.9 Å². The van der Waals surface area contributed by atoms with Crippen LogP contribution in [0.15, 0.2) is 73.3 Å². The maximum Gasteiger partial charge on any atom is 0.335 e. The third-order valence-electron chi connectivity index (χ3n) is 3.25. The lowest BCUT2D eigenvalue weighted by atomic mass is 10.0. The Kier molecular flexibility index (Phi) is 5.68. The molecule has 0 fully saturated rings. The molecule has 0 atom stereocenters. The van der Waals surface area contributed by atoms with Gasteiger partial charge >= 0.3 is 11.9 Å². The Hall–Kier alpha value is -3.14. The molecule has 0 saturated carbocycles. The molecule has 0 heterocycles. The number of hydrogen-bond acceptors (Lipinski definition) is 4. The topological polar surface area (TPSA) is 52.6 Å². The highest BCUT2D eigenvalue weighted by molar-refractivity contribution is 5.86. The third kappa shape index (κ3) is 4.68. The number of esters is 2. The molecule has 0 aliphatic rings. The van der Waals surface area contributed by atoms with Gasteiger partial charge in [-0.2, -0.15) is 0 Å². The summed E-state index contributed by atoms with van der Waals surface area (Å²) in [6.45, 7) is 8.72. The van der Waals surface area contributed by atoms with Crippen LogP contribution in [0.25, 0.3) is 11.1 Å². The third-order valence-corrected chi connectivity index (χ3v) is 3.25. The number of carbonyl (C=O) groups is 2. The molecule has 0 amide bonds. The molecule has 0 unspecified atom stereocenters. The van der Waals surface area contributed by atoms with E-state index in [9.17, 15) is 9.59 Å². The summed E-state index contributed by atoms with van der Waals surface area (Å²) in [5, 5.41) is 0. The molecule has 0 bridgehead atoms. The van der Waals surface area contributed by atoms with Gasteiger partial charge in [0, 0.05) is 11.6 Å². The molecular formula is C20H18O4. The van der Waals surface area contributed by atoms with Gasteiger partial charge in [0.1, 0.15) is 12.4 Å². The van der Waals surface area contributed by atoms with Gasteiger partial charge in [0.15, 0.2) is 0 Å². The summed E-state index contributed by atoms with van der Waals surface area (Å²) in [6, 6.07) is 14.8. The van der Waals surface area contributed by atoms with E-state index in [0.29, 0.717) is 11.3 Å². The zero-order valence-electron chi connectivity index (χ0n) is 13.5. The number of benzene rings is 2. The Morgan fingerprint density at radius 2 is 1.54 bits per heavy atom. The molecule has 4 nitrogen and oxygen atoms in total. The van der Waals surface area contributed by atoms with E-state index in [-0.39, 0.29) is 6.61 Å². The van der Waals surface area contributed by atoms with Crippen LogP contribution in [-0.2, 0) is 20.9 Å². The smallest absolute Gasteiger partial charge is 0.335 e. The molecule has 0 radical (unpaired) electrons. The maximum atomic E-state index is 11.4. The van der Waals surface area contributed by atoms with Crippen LogP contribution in [0.4, 0.5) is 0 Å². The van der Waals surface area contributed by atoms with Crippen LogP contribution >= 0.6 is 0 Å². The lowest BCUT2D eigenvalue weighted by Crippen LogP contribution is -2.04. The SMILES string of the molecule is C=CC(=O)Oc1ccc(-c2ccc(COC(=O)C(=C)C)cc2)cc1. The second kappa shape index (κ2) is 7.92. The lowest BCUT2D eigenvalue weighted by Gasteiger charge is -2.07. The normalized spacial score (nSPS) is 9.88. The first kappa shape index (κ1) is 17.2. The van der Waals surface area contributed by atoms with E-state index in [0.717, 1.165) is 22.8 Å². The van der Waals surface area contributed by atoms with Crippen LogP contribution in [0.2, 0.25) is 0 Å². The maximum absolute atomic E-state index is 11.4. The van der Waals surface area contributed by atoms with Crippen molar-refractivity contribution in [3.05, 3.63) is 78.9 Å². The fraction of sp³-hybridized carbons (Fsp3) is 0.100. The van der Waals surface area contributed by atoms with E-state index in [1.165, 1.54) is 0 Å². The summed E-state index contributed by atoms with van der Waals surface area (Å²) >= 11 is 0. The second-order valence-electron chi connectivity index (χ2n) is 5.20. The predicted molar refractivity (Wildman–Crippen MR) is 92.3 cm³/mol. The minimum absolute atomic E-state index is 0.211. The molecule has 122 valence electrons. The quantitative estimate of drug-likeness (QED) is 0.457. The Morgan fingerprint density at radius 3 is 2.04 bits per heavy atom. The summed E-state index contributed by atoms with van der Waals surface area (Å²) in [6.07, 6.45) is 1.12. The van der Waals surface area contributed by atoms with E-state index in [2.05, 4.69) is 13.2 Å². The van der Waals surface area contributed by atoms with Gasteiger partial charge in [-0.3, -0.25) is 0 Å². The fourth-order valence-electron chi connectivity index (χ4n) is 1.94. The highest BCUT2D eigenvalue weighted by Gasteiger charge is 2.05. The Morgan fingerprint density at radius 1 is 1.00 bits per heavy atom. The first-order valence-electron chi connectivity index (χ1n) is 7.36. The fourth-order valence-corrected chi connectivity index (χ4v) is 1.94. The first-order chi connectivity index (χ1) is 11.5. The highest BCUT2D eigenvalue weighted by atomic mass is 16.5. The van der Waals surface area contributed by atoms with Crippen LogP contribution < -0.4 is 4.74 Å². The van der Waals surface area contributed by atoms with Crippen molar-refractivity contribution in [2.75, 3.05) is 0 Å². The minimum atomic E-state index is -0.489. The average Bonchev–Trinajstić information content (AvgIpc) is 2.60. The molecule has 2 aromatic rings. The first-order valence-corrected chi connectivity index (χ1v) is 7.36. The Bertz CT molecular complexity index is 755. The molecule has 0 aromatic heterocycles. The van der Waals surface area contributed by atoms with E-state index in [1.807, 2.05) is 36.4 Å². The summed E-state index contributed by atoms with van der Waals surface area (Å²) in [5.74, 6) is -0.424. The van der Waals surface area contributed by atoms with Crippen molar-refractivity contribution in [1.29, 1.82) is 0 Å². The van der Waals surface area contributed by atoms with Gasteiger partial charge in [0.25, 0.3) is 0 Å². The van der Waals surface area contributed by atoms with Crippen molar-refractivity contribution in [2.24, 2.45) is 0 Å². The van der Waals surface area contributed by atoms with Crippen LogP contribution in [0.1, 0.15) is 12.5 Å². The summed E-state index contributed by atoms with van der Waals surface area (Å²) < 4.78 is 10.1. The number of hydrogen-bond donors (Lipinski definition) is 0. The van der Waals surface area contributed by atoms with Crippen LogP contribution in [-0.4, -0.2) is 11.9 Å². The van der Waals surface area contributed by atoms with Crippen molar-refractivity contribution in [3.63, 3.8) is 0 Å². The largest absolute Gasteiger partial charge is 0.457 e. The van der Waals surface area contributed by atoms with E-state index < -0.39 is 11.9 Å². The molecule has 0 spiro atoms. The van der Waals surface area contributed by atoms with Gasteiger partial charge in [-0.25, -0.2) is 9.59 Å². The summed E-state index contributed by atoms with van der Waals surface area (Å²) in [7, 11) is 0. The minimum Gasteiger partial charge on any atom is -0.457 e.